The molecule has 1 heterocycles. The van der Waals surface area contributed by atoms with Crippen molar-refractivity contribution in [2.45, 2.75) is 77.8 Å². The summed E-state index contributed by atoms with van der Waals surface area (Å²) in [5.41, 5.74) is 0. The van der Waals surface area contributed by atoms with Crippen molar-refractivity contribution in [2.24, 2.45) is 11.8 Å². The van der Waals surface area contributed by atoms with Gasteiger partial charge in [0.25, 0.3) is 0 Å². The summed E-state index contributed by atoms with van der Waals surface area (Å²) in [5, 5.41) is 3.78. The summed E-state index contributed by atoms with van der Waals surface area (Å²) in [6.07, 6.45) is 9.84. The van der Waals surface area contributed by atoms with Crippen molar-refractivity contribution in [3.8, 4) is 0 Å². The molecule has 2 fully saturated rings. The lowest BCUT2D eigenvalue weighted by molar-refractivity contribution is 0.0494. The molecule has 2 nitrogen and oxygen atoms in total. The highest BCUT2D eigenvalue weighted by Gasteiger charge is 2.34. The minimum absolute atomic E-state index is 0.743. The van der Waals surface area contributed by atoms with Crippen LogP contribution in [0.3, 0.4) is 0 Å². The molecule has 2 rings (SSSR count). The van der Waals surface area contributed by atoms with Gasteiger partial charge in [0.2, 0.25) is 0 Å². The number of likely N-dealkylation sites (tertiary alicyclic amines) is 1. The van der Waals surface area contributed by atoms with Gasteiger partial charge in [-0.25, -0.2) is 0 Å². The molecule has 0 radical (unpaired) electrons. The highest BCUT2D eigenvalue weighted by Crippen LogP contribution is 2.34. The predicted octanol–water partition coefficient (Wildman–Crippen LogP) is 3.67. The van der Waals surface area contributed by atoms with Gasteiger partial charge in [-0.3, -0.25) is 4.90 Å². The molecule has 1 aliphatic carbocycles. The second kappa shape index (κ2) is 7.64. The number of nitrogens with one attached hydrogen (secondary N) is 1. The van der Waals surface area contributed by atoms with Gasteiger partial charge in [0, 0.05) is 25.2 Å². The normalized spacial score (nSPS) is 31.1. The first-order valence-corrected chi connectivity index (χ1v) is 8.72. The molecule has 1 saturated heterocycles. The van der Waals surface area contributed by atoms with Gasteiger partial charge in [-0.15, -0.1) is 0 Å². The zero-order valence-corrected chi connectivity index (χ0v) is 13.3. The largest absolute Gasteiger partial charge is 0.313 e. The topological polar surface area (TPSA) is 15.3 Å². The average molecular weight is 266 g/mol. The first-order chi connectivity index (χ1) is 9.24. The van der Waals surface area contributed by atoms with E-state index in [1.165, 1.54) is 64.6 Å². The summed E-state index contributed by atoms with van der Waals surface area (Å²) in [5.74, 6) is 1.92. The van der Waals surface area contributed by atoms with Crippen LogP contribution < -0.4 is 5.32 Å². The summed E-state index contributed by atoms with van der Waals surface area (Å²) in [6, 6.07) is 1.56. The Hall–Kier alpha value is -0.0800. The van der Waals surface area contributed by atoms with E-state index in [-0.39, 0.29) is 0 Å². The van der Waals surface area contributed by atoms with Crippen LogP contribution in [0.4, 0.5) is 0 Å². The van der Waals surface area contributed by atoms with Crippen LogP contribution in [0, 0.1) is 11.8 Å². The van der Waals surface area contributed by atoms with Crippen molar-refractivity contribution >= 4 is 0 Å². The van der Waals surface area contributed by atoms with Crippen LogP contribution in [0.15, 0.2) is 0 Å². The van der Waals surface area contributed by atoms with Crippen LogP contribution in [0.25, 0.3) is 0 Å². The van der Waals surface area contributed by atoms with E-state index in [4.69, 9.17) is 0 Å². The molecular formula is C17H34N2. The monoisotopic (exact) mass is 266 g/mol. The smallest absolute Gasteiger partial charge is 0.0198 e. The highest BCUT2D eigenvalue weighted by molar-refractivity contribution is 4.89. The third-order valence-corrected chi connectivity index (χ3v) is 5.35. The Kier molecular flexibility index (Phi) is 6.15. The summed E-state index contributed by atoms with van der Waals surface area (Å²) in [6.45, 7) is 10.9. The molecule has 2 aliphatic rings. The maximum Gasteiger partial charge on any atom is 0.0198 e. The van der Waals surface area contributed by atoms with E-state index in [1.54, 1.807) is 0 Å². The summed E-state index contributed by atoms with van der Waals surface area (Å²) >= 11 is 0. The zero-order valence-electron chi connectivity index (χ0n) is 13.3. The molecule has 3 atom stereocenters. The minimum Gasteiger partial charge on any atom is -0.313 e. The number of nitrogens with zero attached hydrogens (tertiary/aromatic N) is 1. The molecule has 0 aromatic carbocycles. The lowest BCUT2D eigenvalue weighted by Crippen LogP contribution is -2.54. The van der Waals surface area contributed by atoms with E-state index < -0.39 is 0 Å². The molecule has 1 N–H and O–H groups in total. The van der Waals surface area contributed by atoms with Crippen LogP contribution in [0.1, 0.15) is 65.7 Å². The molecule has 112 valence electrons. The molecular weight excluding hydrogens is 232 g/mol. The number of hydrogen-bond acceptors (Lipinski definition) is 2. The first-order valence-electron chi connectivity index (χ1n) is 8.72. The van der Waals surface area contributed by atoms with E-state index >= 15 is 0 Å². The molecule has 0 aromatic heterocycles. The van der Waals surface area contributed by atoms with Gasteiger partial charge in [-0.05, 0) is 57.4 Å². The highest BCUT2D eigenvalue weighted by atomic mass is 15.2. The van der Waals surface area contributed by atoms with Crippen molar-refractivity contribution in [1.29, 1.82) is 0 Å². The molecule has 0 bridgehead atoms. The van der Waals surface area contributed by atoms with Crippen LogP contribution in [-0.4, -0.2) is 36.6 Å². The number of rotatable bonds is 7. The van der Waals surface area contributed by atoms with E-state index in [0.717, 1.165) is 23.9 Å². The predicted molar refractivity (Wildman–Crippen MR) is 83.5 cm³/mol. The third-order valence-electron chi connectivity index (χ3n) is 5.35. The van der Waals surface area contributed by atoms with E-state index in [0.29, 0.717) is 0 Å². The fourth-order valence-electron chi connectivity index (χ4n) is 3.91. The third kappa shape index (κ3) is 4.19. The number of piperidine rings is 1. The number of hydrogen-bond donors (Lipinski definition) is 1. The molecule has 0 aromatic rings. The van der Waals surface area contributed by atoms with Crippen molar-refractivity contribution < 1.29 is 0 Å². The van der Waals surface area contributed by atoms with Gasteiger partial charge in [0.05, 0.1) is 0 Å². The van der Waals surface area contributed by atoms with E-state index in [2.05, 4.69) is 31.0 Å². The van der Waals surface area contributed by atoms with E-state index in [1.807, 2.05) is 0 Å². The maximum absolute atomic E-state index is 3.78. The van der Waals surface area contributed by atoms with Crippen molar-refractivity contribution in [3.05, 3.63) is 0 Å². The quantitative estimate of drug-likeness (QED) is 0.756. The molecule has 0 amide bonds. The Bertz CT molecular complexity index is 250. The van der Waals surface area contributed by atoms with E-state index in [9.17, 15) is 0 Å². The van der Waals surface area contributed by atoms with Crippen LogP contribution >= 0.6 is 0 Å². The van der Waals surface area contributed by atoms with Crippen LogP contribution in [0.2, 0.25) is 0 Å². The Morgan fingerprint density at radius 2 is 1.95 bits per heavy atom. The van der Waals surface area contributed by atoms with Crippen LogP contribution in [-0.2, 0) is 0 Å². The Balaban J connectivity index is 1.88. The second-order valence-corrected chi connectivity index (χ2v) is 6.93. The van der Waals surface area contributed by atoms with Gasteiger partial charge < -0.3 is 5.32 Å². The summed E-state index contributed by atoms with van der Waals surface area (Å²) < 4.78 is 0. The van der Waals surface area contributed by atoms with Gasteiger partial charge in [-0.1, -0.05) is 26.7 Å². The molecule has 1 saturated carbocycles. The Labute approximate surface area is 120 Å². The molecule has 0 spiro atoms. The van der Waals surface area contributed by atoms with Crippen molar-refractivity contribution in [2.75, 3.05) is 19.6 Å². The lowest BCUT2D eigenvalue weighted by atomic mass is 9.78. The minimum atomic E-state index is 0.743. The molecule has 19 heavy (non-hydrogen) atoms. The average Bonchev–Trinajstić information content (AvgIpc) is 2.34. The van der Waals surface area contributed by atoms with Gasteiger partial charge >= 0.3 is 0 Å². The molecule has 2 heteroatoms. The molecule has 1 aliphatic heterocycles. The van der Waals surface area contributed by atoms with Gasteiger partial charge in [0.15, 0.2) is 0 Å². The van der Waals surface area contributed by atoms with Crippen molar-refractivity contribution in [3.63, 3.8) is 0 Å². The fraction of sp³-hybridized carbons (Fsp3) is 1.00. The zero-order chi connectivity index (χ0) is 13.7. The first kappa shape index (κ1) is 15.3. The van der Waals surface area contributed by atoms with Crippen molar-refractivity contribution in [1.82, 2.24) is 10.2 Å². The van der Waals surface area contributed by atoms with Gasteiger partial charge in [-0.2, -0.15) is 0 Å². The van der Waals surface area contributed by atoms with Gasteiger partial charge in [0.1, 0.15) is 0 Å². The van der Waals surface area contributed by atoms with Crippen LogP contribution in [0.5, 0.6) is 0 Å². The molecule has 3 unspecified atom stereocenters. The summed E-state index contributed by atoms with van der Waals surface area (Å²) in [4.78, 5) is 2.81. The standard InChI is InChI=1S/C17H34N2/c1-4-7-15-11-17(18-10-5-2)13-19(12-15)14(3)16-8-6-9-16/h14-18H,4-13H2,1-3H3. The fourth-order valence-corrected chi connectivity index (χ4v) is 3.91. The summed E-state index contributed by atoms with van der Waals surface area (Å²) in [7, 11) is 0. The lowest BCUT2D eigenvalue weighted by Gasteiger charge is -2.45. The SMILES string of the molecule is CCCNC1CC(CCC)CN(C(C)C2CCC2)C1. The Morgan fingerprint density at radius 1 is 1.16 bits per heavy atom. The second-order valence-electron chi connectivity index (χ2n) is 6.93. The Morgan fingerprint density at radius 3 is 2.53 bits per heavy atom. The maximum atomic E-state index is 3.78.